The molecule has 0 aliphatic heterocycles. The van der Waals surface area contributed by atoms with Crippen LogP contribution in [0.4, 0.5) is 0 Å². The molecule has 2 N–H and O–H groups in total. The number of hydrogen-bond donors (Lipinski definition) is 2. The van der Waals surface area contributed by atoms with E-state index in [4.69, 9.17) is 0 Å². The van der Waals surface area contributed by atoms with Crippen molar-refractivity contribution >= 4 is 17.4 Å². The number of aliphatic hydroxyl groups is 1. The molecule has 0 saturated heterocycles. The maximum absolute atomic E-state index is 12.0. The number of carbonyl (C=O) groups excluding carboxylic acids is 1. The molecule has 0 spiro atoms. The number of nitrogens with zero attached hydrogens (tertiary/aromatic N) is 2. The number of aliphatic hydroxyl groups excluding tert-OH is 1. The van der Waals surface area contributed by atoms with E-state index in [1.807, 2.05) is 30.3 Å². The molecule has 2 aromatic rings. The highest BCUT2D eigenvalue weighted by atomic mass is 32.1. The predicted octanol–water partition coefficient (Wildman–Crippen LogP) is 1.67. The first kappa shape index (κ1) is 14.2. The third-order valence-corrected chi connectivity index (χ3v) is 4.83. The second kappa shape index (κ2) is 5.54. The van der Waals surface area contributed by atoms with Gasteiger partial charge in [0.05, 0.1) is 6.61 Å². The van der Waals surface area contributed by atoms with Gasteiger partial charge >= 0.3 is 0 Å². The van der Waals surface area contributed by atoms with Crippen molar-refractivity contribution in [3.8, 4) is 0 Å². The van der Waals surface area contributed by atoms with E-state index >= 15 is 0 Å². The molecular formula is C15H17N3O2S. The van der Waals surface area contributed by atoms with E-state index in [0.29, 0.717) is 10.8 Å². The van der Waals surface area contributed by atoms with E-state index in [0.717, 1.165) is 29.9 Å². The Kier molecular flexibility index (Phi) is 3.73. The summed E-state index contributed by atoms with van der Waals surface area (Å²) in [5.41, 5.74) is 0.903. The minimum Gasteiger partial charge on any atom is -0.395 e. The normalized spacial score (nSPS) is 24.4. The van der Waals surface area contributed by atoms with E-state index in [1.54, 1.807) is 6.92 Å². The summed E-state index contributed by atoms with van der Waals surface area (Å²) >= 11 is 1.11. The predicted molar refractivity (Wildman–Crippen MR) is 80.3 cm³/mol. The fraction of sp³-hybridized carbons (Fsp3) is 0.400. The van der Waals surface area contributed by atoms with Crippen LogP contribution in [0.5, 0.6) is 0 Å². The summed E-state index contributed by atoms with van der Waals surface area (Å²) in [7, 11) is 0. The topological polar surface area (TPSA) is 75.1 Å². The van der Waals surface area contributed by atoms with E-state index in [-0.39, 0.29) is 24.0 Å². The monoisotopic (exact) mass is 303 g/mol. The van der Waals surface area contributed by atoms with Gasteiger partial charge in [0.25, 0.3) is 5.91 Å². The molecule has 0 unspecified atom stereocenters. The third kappa shape index (κ3) is 2.69. The van der Waals surface area contributed by atoms with E-state index in [9.17, 15) is 9.90 Å². The first-order chi connectivity index (χ1) is 10.1. The molecule has 1 aromatic heterocycles. The maximum atomic E-state index is 12.0. The van der Waals surface area contributed by atoms with Gasteiger partial charge in [0.2, 0.25) is 5.01 Å². The number of carbonyl (C=O) groups is 1. The molecule has 1 aromatic carbocycles. The largest absolute Gasteiger partial charge is 0.395 e. The van der Waals surface area contributed by atoms with E-state index in [2.05, 4.69) is 14.7 Å². The highest BCUT2D eigenvalue weighted by Crippen LogP contribution is 2.43. The smallest absolute Gasteiger partial charge is 0.282 e. The van der Waals surface area contributed by atoms with Crippen LogP contribution in [0.25, 0.3) is 0 Å². The molecule has 1 saturated carbocycles. The molecule has 21 heavy (non-hydrogen) atoms. The number of nitrogens with one attached hydrogen (secondary N) is 1. The maximum Gasteiger partial charge on any atom is 0.282 e. The average Bonchev–Trinajstić information content (AvgIpc) is 2.90. The Morgan fingerprint density at radius 2 is 2.14 bits per heavy atom. The fourth-order valence-electron chi connectivity index (χ4n) is 2.87. The van der Waals surface area contributed by atoms with Crippen LogP contribution < -0.4 is 5.32 Å². The molecule has 1 amide bonds. The van der Waals surface area contributed by atoms with Gasteiger partial charge in [-0.05, 0) is 36.9 Å². The first-order valence-corrected chi connectivity index (χ1v) is 7.68. The van der Waals surface area contributed by atoms with Gasteiger partial charge in [0, 0.05) is 11.5 Å². The second-order valence-corrected chi connectivity index (χ2v) is 6.28. The first-order valence-electron chi connectivity index (χ1n) is 6.90. The lowest BCUT2D eigenvalue weighted by atomic mass is 9.62. The lowest BCUT2D eigenvalue weighted by Gasteiger charge is -2.47. The van der Waals surface area contributed by atoms with Gasteiger partial charge in [-0.2, -0.15) is 4.37 Å². The SMILES string of the molecule is Cc1nsc(C(=O)NC2CC(CO)(c3ccccc3)C2)n1. The van der Waals surface area contributed by atoms with Crippen molar-refractivity contribution in [3.63, 3.8) is 0 Å². The Balaban J connectivity index is 1.63. The molecule has 0 atom stereocenters. The lowest BCUT2D eigenvalue weighted by Crippen LogP contribution is -2.55. The Labute approximate surface area is 127 Å². The van der Waals surface area contributed by atoms with Gasteiger partial charge in [0.15, 0.2) is 0 Å². The highest BCUT2D eigenvalue weighted by Gasteiger charge is 2.45. The van der Waals surface area contributed by atoms with Crippen molar-refractivity contribution < 1.29 is 9.90 Å². The minimum atomic E-state index is -0.226. The lowest BCUT2D eigenvalue weighted by molar-refractivity contribution is 0.0700. The second-order valence-electron chi connectivity index (χ2n) is 5.53. The highest BCUT2D eigenvalue weighted by molar-refractivity contribution is 7.07. The van der Waals surface area contributed by atoms with Gasteiger partial charge in [-0.1, -0.05) is 30.3 Å². The van der Waals surface area contributed by atoms with Crippen molar-refractivity contribution in [2.24, 2.45) is 0 Å². The summed E-state index contributed by atoms with van der Waals surface area (Å²) in [5, 5.41) is 13.1. The van der Waals surface area contributed by atoms with Crippen LogP contribution in [-0.4, -0.2) is 33.0 Å². The van der Waals surface area contributed by atoms with Crippen LogP contribution >= 0.6 is 11.5 Å². The minimum absolute atomic E-state index is 0.0778. The molecule has 110 valence electrons. The zero-order chi connectivity index (χ0) is 14.9. The number of aromatic nitrogens is 2. The molecule has 0 radical (unpaired) electrons. The van der Waals surface area contributed by atoms with Crippen LogP contribution in [0, 0.1) is 6.92 Å². The summed E-state index contributed by atoms with van der Waals surface area (Å²) in [6.45, 7) is 1.87. The zero-order valence-corrected chi connectivity index (χ0v) is 12.6. The van der Waals surface area contributed by atoms with Crippen LogP contribution in [0.15, 0.2) is 30.3 Å². The molecule has 1 heterocycles. The molecular weight excluding hydrogens is 286 g/mol. The molecule has 5 nitrogen and oxygen atoms in total. The fourth-order valence-corrected chi connectivity index (χ4v) is 3.44. The van der Waals surface area contributed by atoms with Crippen LogP contribution in [0.1, 0.15) is 34.0 Å². The number of aryl methyl sites for hydroxylation is 1. The number of benzene rings is 1. The molecule has 1 fully saturated rings. The third-order valence-electron chi connectivity index (χ3n) is 4.02. The standard InChI is InChI=1S/C15H17N3O2S/c1-10-16-14(21-18-10)13(20)17-12-7-15(8-12,9-19)11-5-3-2-4-6-11/h2-6,12,19H,7-9H2,1H3,(H,17,20). The van der Waals surface area contributed by atoms with Crippen LogP contribution in [-0.2, 0) is 5.41 Å². The quantitative estimate of drug-likeness (QED) is 0.901. The van der Waals surface area contributed by atoms with E-state index in [1.165, 1.54) is 0 Å². The average molecular weight is 303 g/mol. The zero-order valence-electron chi connectivity index (χ0n) is 11.7. The summed E-state index contributed by atoms with van der Waals surface area (Å²) in [6, 6.07) is 10.1. The van der Waals surface area contributed by atoms with Crippen molar-refractivity contribution in [3.05, 3.63) is 46.7 Å². The van der Waals surface area contributed by atoms with Crippen molar-refractivity contribution in [1.82, 2.24) is 14.7 Å². The van der Waals surface area contributed by atoms with Crippen molar-refractivity contribution in [1.29, 1.82) is 0 Å². The number of rotatable bonds is 4. The van der Waals surface area contributed by atoms with Crippen molar-refractivity contribution in [2.45, 2.75) is 31.2 Å². The van der Waals surface area contributed by atoms with Crippen molar-refractivity contribution in [2.75, 3.05) is 6.61 Å². The Hall–Kier alpha value is -1.79. The molecule has 1 aliphatic carbocycles. The summed E-state index contributed by atoms with van der Waals surface area (Å²) in [4.78, 5) is 16.1. The number of amides is 1. The number of hydrogen-bond acceptors (Lipinski definition) is 5. The Morgan fingerprint density at radius 3 is 2.71 bits per heavy atom. The van der Waals surface area contributed by atoms with Crippen LogP contribution in [0.3, 0.4) is 0 Å². The van der Waals surface area contributed by atoms with Gasteiger partial charge in [0.1, 0.15) is 5.82 Å². The summed E-state index contributed by atoms with van der Waals surface area (Å²) < 4.78 is 4.01. The Bertz CT molecular complexity index is 635. The summed E-state index contributed by atoms with van der Waals surface area (Å²) in [6.07, 6.45) is 1.49. The Morgan fingerprint density at radius 1 is 1.43 bits per heavy atom. The summed E-state index contributed by atoms with van der Waals surface area (Å²) in [5.74, 6) is 0.443. The van der Waals surface area contributed by atoms with Gasteiger partial charge in [-0.25, -0.2) is 4.98 Å². The molecule has 3 rings (SSSR count). The molecule has 6 heteroatoms. The van der Waals surface area contributed by atoms with Crippen LogP contribution in [0.2, 0.25) is 0 Å². The van der Waals surface area contributed by atoms with Gasteiger partial charge < -0.3 is 10.4 Å². The molecule has 0 bridgehead atoms. The van der Waals surface area contributed by atoms with Gasteiger partial charge in [-0.3, -0.25) is 4.79 Å². The van der Waals surface area contributed by atoms with Gasteiger partial charge in [-0.15, -0.1) is 0 Å². The molecule has 1 aliphatic rings. The van der Waals surface area contributed by atoms with E-state index < -0.39 is 0 Å².